The first kappa shape index (κ1) is 13.9. The van der Waals surface area contributed by atoms with Gasteiger partial charge in [0, 0.05) is 11.7 Å². The number of rotatable bonds is 3. The minimum absolute atomic E-state index is 0.0221. The maximum Gasteiger partial charge on any atom is 0.244 e. The Balaban J connectivity index is 1.37. The van der Waals surface area contributed by atoms with Crippen LogP contribution in [-0.2, 0) is 14.3 Å². The molecule has 4 atom stereocenters. The van der Waals surface area contributed by atoms with Gasteiger partial charge in [0.05, 0.1) is 24.1 Å². The van der Waals surface area contributed by atoms with Gasteiger partial charge in [-0.2, -0.15) is 0 Å². The molecule has 116 valence electrons. The third-order valence-electron chi connectivity index (χ3n) is 5.36. The lowest BCUT2D eigenvalue weighted by molar-refractivity contribution is -0.143. The summed E-state index contributed by atoms with van der Waals surface area (Å²) >= 11 is 1.69. The van der Waals surface area contributed by atoms with Crippen LogP contribution in [0.2, 0.25) is 0 Å². The van der Waals surface area contributed by atoms with Crippen molar-refractivity contribution in [1.29, 1.82) is 0 Å². The number of carbonyl (C=O) groups is 2. The van der Waals surface area contributed by atoms with E-state index < -0.39 is 0 Å². The number of nitrogens with zero attached hydrogens (tertiary/aromatic N) is 1. The molecular weight excluding hydrogens is 288 g/mol. The summed E-state index contributed by atoms with van der Waals surface area (Å²) in [6.07, 6.45) is 6.80. The van der Waals surface area contributed by atoms with Crippen LogP contribution in [0.3, 0.4) is 0 Å². The minimum atomic E-state index is -0.276. The van der Waals surface area contributed by atoms with Crippen LogP contribution in [-0.4, -0.2) is 52.6 Å². The van der Waals surface area contributed by atoms with Crippen LogP contribution in [0, 0.1) is 5.92 Å². The van der Waals surface area contributed by atoms with Crippen molar-refractivity contribution in [3.63, 3.8) is 0 Å². The molecule has 0 spiro atoms. The molecule has 21 heavy (non-hydrogen) atoms. The first-order chi connectivity index (χ1) is 10.2. The van der Waals surface area contributed by atoms with E-state index in [1.54, 1.807) is 16.7 Å². The quantitative estimate of drug-likeness (QED) is 0.849. The van der Waals surface area contributed by atoms with Crippen molar-refractivity contribution in [2.75, 3.05) is 11.6 Å². The molecule has 0 aromatic carbocycles. The maximum atomic E-state index is 12.5. The number of thioether (sulfide) groups is 1. The predicted molar refractivity (Wildman–Crippen MR) is 79.7 cm³/mol. The minimum Gasteiger partial charge on any atom is -0.373 e. The molecule has 3 aliphatic heterocycles. The Morgan fingerprint density at radius 3 is 2.67 bits per heavy atom. The van der Waals surface area contributed by atoms with Crippen molar-refractivity contribution in [3.8, 4) is 0 Å². The third-order valence-corrected chi connectivity index (χ3v) is 6.37. The highest BCUT2D eigenvalue weighted by atomic mass is 32.2. The number of carbonyl (C=O) groups excluding carboxylic acids is 2. The highest BCUT2D eigenvalue weighted by Gasteiger charge is 2.44. The van der Waals surface area contributed by atoms with E-state index in [1.165, 1.54) is 0 Å². The van der Waals surface area contributed by atoms with Crippen LogP contribution in [0.5, 0.6) is 0 Å². The van der Waals surface area contributed by atoms with Gasteiger partial charge in [-0.1, -0.05) is 6.42 Å². The van der Waals surface area contributed by atoms with Crippen LogP contribution in [0.1, 0.15) is 38.5 Å². The van der Waals surface area contributed by atoms with Gasteiger partial charge in [-0.25, -0.2) is 0 Å². The van der Waals surface area contributed by atoms with Gasteiger partial charge in [0.25, 0.3) is 0 Å². The fourth-order valence-corrected chi connectivity index (χ4v) is 5.00. The van der Waals surface area contributed by atoms with E-state index in [2.05, 4.69) is 5.32 Å². The summed E-state index contributed by atoms with van der Waals surface area (Å²) in [6, 6.07) is -0.121. The molecule has 1 aliphatic carbocycles. The highest BCUT2D eigenvalue weighted by Crippen LogP contribution is 2.35. The number of ether oxygens (including phenoxy) is 1. The molecule has 4 unspecified atom stereocenters. The van der Waals surface area contributed by atoms with Crippen LogP contribution in [0.4, 0.5) is 0 Å². The van der Waals surface area contributed by atoms with Crippen LogP contribution in [0.25, 0.3) is 0 Å². The predicted octanol–water partition coefficient (Wildman–Crippen LogP) is 1.12. The van der Waals surface area contributed by atoms with E-state index in [0.717, 1.165) is 44.3 Å². The van der Waals surface area contributed by atoms with E-state index in [1.807, 2.05) is 0 Å². The fourth-order valence-electron chi connectivity index (χ4n) is 3.84. The van der Waals surface area contributed by atoms with Crippen molar-refractivity contribution in [2.24, 2.45) is 5.92 Å². The van der Waals surface area contributed by atoms with Gasteiger partial charge < -0.3 is 15.0 Å². The lowest BCUT2D eigenvalue weighted by atomic mass is 9.84. The monoisotopic (exact) mass is 310 g/mol. The molecule has 1 N–H and O–H groups in total. The molecule has 2 amide bonds. The van der Waals surface area contributed by atoms with Crippen molar-refractivity contribution >= 4 is 23.6 Å². The standard InChI is InChI=1S/C15H22N2O3S/c18-14(16-11-6-10-4-5-13(11)20-10)12-7-21-8-17(12)15(19)9-2-1-3-9/h9-13H,1-8H2,(H,16,18). The highest BCUT2D eigenvalue weighted by molar-refractivity contribution is 7.99. The number of hydrogen-bond donors (Lipinski definition) is 1. The van der Waals surface area contributed by atoms with Gasteiger partial charge in [0.15, 0.2) is 0 Å². The van der Waals surface area contributed by atoms with Crippen LogP contribution in [0.15, 0.2) is 0 Å². The van der Waals surface area contributed by atoms with Crippen LogP contribution < -0.4 is 5.32 Å². The lowest BCUT2D eigenvalue weighted by Crippen LogP contribution is -2.53. The van der Waals surface area contributed by atoms with Crippen molar-refractivity contribution < 1.29 is 14.3 Å². The Morgan fingerprint density at radius 1 is 1.19 bits per heavy atom. The second-order valence-corrected chi connectivity index (χ2v) is 7.68. The van der Waals surface area contributed by atoms with E-state index in [4.69, 9.17) is 4.74 Å². The van der Waals surface area contributed by atoms with Crippen molar-refractivity contribution in [3.05, 3.63) is 0 Å². The van der Waals surface area contributed by atoms with Gasteiger partial charge >= 0.3 is 0 Å². The van der Waals surface area contributed by atoms with Gasteiger partial charge in [-0.3, -0.25) is 9.59 Å². The normalized spacial score (nSPS) is 38.6. The maximum absolute atomic E-state index is 12.5. The topological polar surface area (TPSA) is 58.6 Å². The summed E-state index contributed by atoms with van der Waals surface area (Å²) in [5.41, 5.74) is 0. The zero-order valence-corrected chi connectivity index (χ0v) is 12.9. The molecule has 6 heteroatoms. The molecule has 5 nitrogen and oxygen atoms in total. The van der Waals surface area contributed by atoms with Gasteiger partial charge in [0.2, 0.25) is 11.8 Å². The molecule has 3 heterocycles. The largest absolute Gasteiger partial charge is 0.373 e. The second-order valence-electron chi connectivity index (χ2n) is 6.68. The lowest BCUT2D eigenvalue weighted by Gasteiger charge is -2.32. The van der Waals surface area contributed by atoms with E-state index >= 15 is 0 Å². The average molecular weight is 310 g/mol. The van der Waals surface area contributed by atoms with E-state index in [0.29, 0.717) is 12.0 Å². The Hall–Kier alpha value is -0.750. The van der Waals surface area contributed by atoms with E-state index in [-0.39, 0.29) is 35.9 Å². The van der Waals surface area contributed by atoms with Gasteiger partial charge in [0.1, 0.15) is 6.04 Å². The summed E-state index contributed by atoms with van der Waals surface area (Å²) in [6.45, 7) is 0. The number of amides is 2. The molecule has 0 radical (unpaired) electrons. The van der Waals surface area contributed by atoms with Crippen molar-refractivity contribution in [1.82, 2.24) is 10.2 Å². The third kappa shape index (κ3) is 2.46. The molecule has 1 saturated carbocycles. The summed E-state index contributed by atoms with van der Waals surface area (Å²) < 4.78 is 5.79. The molecule has 2 bridgehead atoms. The molecule has 0 aromatic rings. The molecule has 4 fully saturated rings. The first-order valence-electron chi connectivity index (χ1n) is 8.06. The number of hydrogen-bond acceptors (Lipinski definition) is 4. The Morgan fingerprint density at radius 2 is 2.05 bits per heavy atom. The van der Waals surface area contributed by atoms with Crippen LogP contribution >= 0.6 is 11.8 Å². The number of nitrogens with one attached hydrogen (secondary N) is 1. The molecule has 3 saturated heterocycles. The average Bonchev–Trinajstić information content (AvgIpc) is 3.12. The Kier molecular flexibility index (Phi) is 3.61. The summed E-state index contributed by atoms with van der Waals surface area (Å²) in [5.74, 6) is 1.78. The summed E-state index contributed by atoms with van der Waals surface area (Å²) in [7, 11) is 0. The molecule has 4 rings (SSSR count). The summed E-state index contributed by atoms with van der Waals surface area (Å²) in [5, 5.41) is 3.14. The SMILES string of the molecule is O=C(NC1CC2CCC1O2)C1CSCN1C(=O)C1CCC1. The summed E-state index contributed by atoms with van der Waals surface area (Å²) in [4.78, 5) is 26.8. The fraction of sp³-hybridized carbons (Fsp3) is 0.867. The Bertz CT molecular complexity index is 454. The number of fused-ring (bicyclic) bond motifs is 2. The molecule has 4 aliphatic rings. The van der Waals surface area contributed by atoms with E-state index in [9.17, 15) is 9.59 Å². The van der Waals surface area contributed by atoms with Crippen molar-refractivity contribution in [2.45, 2.75) is 62.8 Å². The second kappa shape index (κ2) is 5.47. The van der Waals surface area contributed by atoms with Gasteiger partial charge in [-0.05, 0) is 32.1 Å². The smallest absolute Gasteiger partial charge is 0.244 e. The zero-order valence-electron chi connectivity index (χ0n) is 12.1. The van der Waals surface area contributed by atoms with Gasteiger partial charge in [-0.15, -0.1) is 11.8 Å². The first-order valence-corrected chi connectivity index (χ1v) is 9.22. The molecular formula is C15H22N2O3S. The Labute approximate surface area is 129 Å². The molecule has 0 aromatic heterocycles. The zero-order chi connectivity index (χ0) is 14.4.